The Morgan fingerprint density at radius 2 is 2.14 bits per heavy atom. The molecule has 0 N–H and O–H groups in total. The number of carbonyl (C=O) groups excluding carboxylic acids is 2. The Balaban J connectivity index is 1.63. The molecule has 21 heavy (non-hydrogen) atoms. The van der Waals surface area contributed by atoms with Crippen LogP contribution in [-0.2, 0) is 20.9 Å². The predicted octanol–water partition coefficient (Wildman–Crippen LogP) is -0.282. The lowest BCUT2D eigenvalue weighted by Gasteiger charge is -2.24. The van der Waals surface area contributed by atoms with Crippen LogP contribution in [0.5, 0.6) is 0 Å². The van der Waals surface area contributed by atoms with Gasteiger partial charge >= 0.3 is 0 Å². The van der Waals surface area contributed by atoms with Crippen LogP contribution < -0.4 is 5.11 Å². The number of carbonyl (C=O) groups is 2. The molecule has 0 aromatic heterocycles. The number of aliphatic carboxylic acids is 1. The third-order valence-corrected chi connectivity index (χ3v) is 4.67. The molecule has 0 unspecified atom stereocenters. The number of likely N-dealkylation sites (tertiary alicyclic amines) is 1. The SMILES string of the molecule is O=C([O-])[C@H]1[C@@H]2C=C[C@]3(CN(Cc4ccccc4)C(=O)[C@H]13)O2. The molecule has 2 fully saturated rings. The Hall–Kier alpha value is -2.14. The molecule has 3 heterocycles. The molecule has 3 aliphatic rings. The summed E-state index contributed by atoms with van der Waals surface area (Å²) in [5, 5.41) is 11.3. The van der Waals surface area contributed by atoms with Gasteiger partial charge in [0.2, 0.25) is 5.91 Å². The molecule has 2 saturated heterocycles. The Kier molecular flexibility index (Phi) is 2.50. The molecular weight excluding hydrogens is 270 g/mol. The molecule has 0 aliphatic carbocycles. The van der Waals surface area contributed by atoms with E-state index in [0.29, 0.717) is 13.1 Å². The van der Waals surface area contributed by atoms with Gasteiger partial charge in [-0.25, -0.2) is 0 Å². The first-order chi connectivity index (χ1) is 10.1. The summed E-state index contributed by atoms with van der Waals surface area (Å²) in [6, 6.07) is 9.65. The number of amides is 1. The van der Waals surface area contributed by atoms with Crippen molar-refractivity contribution in [1.29, 1.82) is 0 Å². The second kappa shape index (κ2) is 4.18. The lowest BCUT2D eigenvalue weighted by Crippen LogP contribution is -2.45. The summed E-state index contributed by atoms with van der Waals surface area (Å²) in [5.41, 5.74) is 0.243. The highest BCUT2D eigenvalue weighted by Gasteiger charge is 2.65. The van der Waals surface area contributed by atoms with Crippen molar-refractivity contribution in [3.05, 3.63) is 48.0 Å². The molecule has 1 aromatic carbocycles. The van der Waals surface area contributed by atoms with Gasteiger partial charge in [-0.3, -0.25) is 4.79 Å². The number of fused-ring (bicyclic) bond motifs is 1. The lowest BCUT2D eigenvalue weighted by molar-refractivity contribution is -0.313. The zero-order valence-electron chi connectivity index (χ0n) is 11.3. The summed E-state index contributed by atoms with van der Waals surface area (Å²) in [7, 11) is 0. The molecule has 4 atom stereocenters. The van der Waals surface area contributed by atoms with Crippen LogP contribution in [0.3, 0.4) is 0 Å². The summed E-state index contributed by atoms with van der Waals surface area (Å²) >= 11 is 0. The third-order valence-electron chi connectivity index (χ3n) is 4.67. The number of carboxylic acids is 1. The monoisotopic (exact) mass is 284 g/mol. The summed E-state index contributed by atoms with van der Waals surface area (Å²) in [4.78, 5) is 25.6. The largest absolute Gasteiger partial charge is 0.550 e. The molecule has 2 bridgehead atoms. The van der Waals surface area contributed by atoms with Crippen molar-refractivity contribution in [2.24, 2.45) is 11.8 Å². The molecule has 0 saturated carbocycles. The van der Waals surface area contributed by atoms with E-state index in [1.54, 1.807) is 11.0 Å². The van der Waals surface area contributed by atoms with E-state index in [-0.39, 0.29) is 5.91 Å². The average Bonchev–Trinajstić information content (AvgIpc) is 3.09. The molecule has 5 nitrogen and oxygen atoms in total. The van der Waals surface area contributed by atoms with Crippen molar-refractivity contribution >= 4 is 11.9 Å². The lowest BCUT2D eigenvalue weighted by atomic mass is 9.77. The second-order valence-electron chi connectivity index (χ2n) is 5.90. The van der Waals surface area contributed by atoms with Crippen molar-refractivity contribution in [2.75, 3.05) is 6.54 Å². The fourth-order valence-corrected chi connectivity index (χ4v) is 3.78. The average molecular weight is 284 g/mol. The van der Waals surface area contributed by atoms with Gasteiger partial charge in [-0.05, 0) is 5.56 Å². The van der Waals surface area contributed by atoms with Gasteiger partial charge in [0, 0.05) is 18.4 Å². The van der Waals surface area contributed by atoms with Crippen molar-refractivity contribution in [3.8, 4) is 0 Å². The molecule has 4 rings (SSSR count). The molecular formula is C16H14NO4-. The Bertz CT molecular complexity index is 641. The van der Waals surface area contributed by atoms with E-state index in [4.69, 9.17) is 4.74 Å². The first-order valence-corrected chi connectivity index (χ1v) is 7.01. The fraction of sp³-hybridized carbons (Fsp3) is 0.375. The third kappa shape index (κ3) is 1.67. The van der Waals surface area contributed by atoms with Crippen LogP contribution in [0.1, 0.15) is 5.56 Å². The second-order valence-corrected chi connectivity index (χ2v) is 5.90. The highest BCUT2D eigenvalue weighted by Crippen LogP contribution is 2.51. The summed E-state index contributed by atoms with van der Waals surface area (Å²) in [5.74, 6) is -2.88. The van der Waals surface area contributed by atoms with E-state index >= 15 is 0 Å². The zero-order valence-corrected chi connectivity index (χ0v) is 11.3. The zero-order chi connectivity index (χ0) is 14.6. The van der Waals surface area contributed by atoms with Crippen LogP contribution in [0.15, 0.2) is 42.5 Å². The molecule has 3 aliphatic heterocycles. The minimum atomic E-state index is -1.20. The van der Waals surface area contributed by atoms with Crippen LogP contribution in [0.2, 0.25) is 0 Å². The number of carboxylic acid groups (broad SMARTS) is 1. The standard InChI is InChI=1S/C16H15NO4/c18-14-13-12(15(19)20)11-6-7-16(13,21-11)9-17(14)8-10-4-2-1-3-5-10/h1-7,11-13H,8-9H2,(H,19,20)/p-1/t11-,12-,13-,16+/m0/s1. The molecule has 5 heteroatoms. The maximum Gasteiger partial charge on any atom is 0.230 e. The van der Waals surface area contributed by atoms with Gasteiger partial charge in [0.15, 0.2) is 0 Å². The minimum Gasteiger partial charge on any atom is -0.550 e. The fourth-order valence-electron chi connectivity index (χ4n) is 3.78. The van der Waals surface area contributed by atoms with Gasteiger partial charge in [-0.15, -0.1) is 0 Å². The van der Waals surface area contributed by atoms with Crippen LogP contribution in [-0.4, -0.2) is 35.0 Å². The van der Waals surface area contributed by atoms with Crippen LogP contribution >= 0.6 is 0 Å². The van der Waals surface area contributed by atoms with Gasteiger partial charge < -0.3 is 19.5 Å². The van der Waals surface area contributed by atoms with Gasteiger partial charge in [0.1, 0.15) is 5.60 Å². The summed E-state index contributed by atoms with van der Waals surface area (Å²) in [6.45, 7) is 0.877. The van der Waals surface area contributed by atoms with Gasteiger partial charge in [-0.1, -0.05) is 42.5 Å². The topological polar surface area (TPSA) is 69.7 Å². The number of ether oxygens (including phenoxy) is 1. The summed E-state index contributed by atoms with van der Waals surface area (Å²) in [6.07, 6.45) is 3.07. The Morgan fingerprint density at radius 3 is 2.86 bits per heavy atom. The molecule has 1 amide bonds. The van der Waals surface area contributed by atoms with Crippen molar-refractivity contribution in [1.82, 2.24) is 4.90 Å². The normalized spacial score (nSPS) is 36.3. The van der Waals surface area contributed by atoms with E-state index < -0.39 is 29.5 Å². The Labute approximate surface area is 121 Å². The van der Waals surface area contributed by atoms with E-state index in [9.17, 15) is 14.7 Å². The van der Waals surface area contributed by atoms with Gasteiger partial charge in [0.05, 0.1) is 18.6 Å². The van der Waals surface area contributed by atoms with E-state index in [0.717, 1.165) is 5.56 Å². The first-order valence-electron chi connectivity index (χ1n) is 7.01. The minimum absolute atomic E-state index is 0.153. The molecule has 0 radical (unpaired) electrons. The smallest absolute Gasteiger partial charge is 0.230 e. The number of hydrogen-bond acceptors (Lipinski definition) is 4. The quantitative estimate of drug-likeness (QED) is 0.716. The van der Waals surface area contributed by atoms with Gasteiger partial charge in [-0.2, -0.15) is 0 Å². The van der Waals surface area contributed by atoms with E-state index in [2.05, 4.69) is 0 Å². The number of benzene rings is 1. The van der Waals surface area contributed by atoms with E-state index in [1.807, 2.05) is 36.4 Å². The summed E-state index contributed by atoms with van der Waals surface area (Å²) < 4.78 is 5.80. The van der Waals surface area contributed by atoms with Crippen molar-refractivity contribution in [2.45, 2.75) is 18.2 Å². The highest BCUT2D eigenvalue weighted by atomic mass is 16.5. The number of hydrogen-bond donors (Lipinski definition) is 0. The van der Waals surface area contributed by atoms with Crippen molar-refractivity contribution in [3.63, 3.8) is 0 Å². The highest BCUT2D eigenvalue weighted by molar-refractivity contribution is 5.90. The number of rotatable bonds is 3. The maximum absolute atomic E-state index is 12.6. The van der Waals surface area contributed by atoms with Crippen molar-refractivity contribution < 1.29 is 19.4 Å². The van der Waals surface area contributed by atoms with Crippen LogP contribution in [0.4, 0.5) is 0 Å². The Morgan fingerprint density at radius 1 is 1.38 bits per heavy atom. The molecule has 1 spiro atoms. The predicted molar refractivity (Wildman–Crippen MR) is 70.6 cm³/mol. The first kappa shape index (κ1) is 12.6. The molecule has 1 aromatic rings. The van der Waals surface area contributed by atoms with E-state index in [1.165, 1.54) is 0 Å². The maximum atomic E-state index is 12.6. The molecule has 108 valence electrons. The van der Waals surface area contributed by atoms with Crippen LogP contribution in [0.25, 0.3) is 0 Å². The number of nitrogens with zero attached hydrogens (tertiary/aromatic N) is 1. The van der Waals surface area contributed by atoms with Gasteiger partial charge in [0.25, 0.3) is 0 Å². The van der Waals surface area contributed by atoms with Crippen LogP contribution in [0, 0.1) is 11.8 Å².